The van der Waals surface area contributed by atoms with Crippen molar-refractivity contribution in [2.75, 3.05) is 6.61 Å². The molecule has 144 valence electrons. The zero-order chi connectivity index (χ0) is 19.1. The number of esters is 1. The van der Waals surface area contributed by atoms with Gasteiger partial charge in [0.1, 0.15) is 6.61 Å². The van der Waals surface area contributed by atoms with E-state index in [-0.39, 0.29) is 12.6 Å². The second-order valence-electron chi connectivity index (χ2n) is 6.77. The van der Waals surface area contributed by atoms with Gasteiger partial charge in [0.2, 0.25) is 0 Å². The molecule has 0 heterocycles. The molecule has 3 heteroatoms. The molecule has 1 rings (SSSR count). The van der Waals surface area contributed by atoms with Gasteiger partial charge in [-0.3, -0.25) is 0 Å². The Morgan fingerprint density at radius 3 is 2.19 bits per heavy atom. The number of hydrogen-bond acceptors (Lipinski definition) is 3. The van der Waals surface area contributed by atoms with Gasteiger partial charge in [-0.05, 0) is 31.1 Å². The summed E-state index contributed by atoms with van der Waals surface area (Å²) in [5, 5.41) is 10.9. The van der Waals surface area contributed by atoms with Gasteiger partial charge in [-0.15, -0.1) is 0 Å². The lowest BCUT2D eigenvalue weighted by Crippen LogP contribution is -2.25. The summed E-state index contributed by atoms with van der Waals surface area (Å²) in [5.74, 6) is -0.324. The highest BCUT2D eigenvalue weighted by molar-refractivity contribution is 5.89. The van der Waals surface area contributed by atoms with E-state index in [4.69, 9.17) is 4.74 Å². The molecule has 0 aliphatic heterocycles. The Hall–Kier alpha value is -1.87. The summed E-state index contributed by atoms with van der Waals surface area (Å²) in [7, 11) is 0. The molecule has 1 aromatic rings. The zero-order valence-corrected chi connectivity index (χ0v) is 16.3. The highest BCUT2D eigenvalue weighted by Crippen LogP contribution is 2.24. The average Bonchev–Trinajstić information content (AvgIpc) is 2.65. The molecule has 1 aromatic carbocycles. The number of unbranched alkanes of at least 4 members (excludes halogenated alkanes) is 4. The number of hydrogen-bond donors (Lipinski definition) is 1. The molecule has 0 saturated heterocycles. The molecular weight excluding hydrogens is 324 g/mol. The largest absolute Gasteiger partial charge is 0.458 e. The molecule has 1 N–H and O–H groups in total. The molecule has 0 unspecified atom stereocenters. The van der Waals surface area contributed by atoms with Crippen LogP contribution in [0.2, 0.25) is 0 Å². The minimum Gasteiger partial charge on any atom is -0.458 e. The Morgan fingerprint density at radius 1 is 1.00 bits per heavy atom. The van der Waals surface area contributed by atoms with E-state index in [0.717, 1.165) is 51.4 Å². The molecule has 0 saturated carbocycles. The number of benzene rings is 1. The van der Waals surface area contributed by atoms with Crippen molar-refractivity contribution in [2.24, 2.45) is 0 Å². The van der Waals surface area contributed by atoms with Crippen LogP contribution in [-0.4, -0.2) is 23.3 Å². The zero-order valence-electron chi connectivity index (χ0n) is 16.3. The number of ether oxygens (including phenoxy) is 1. The Balaban J connectivity index is 2.44. The van der Waals surface area contributed by atoms with Crippen LogP contribution in [0.25, 0.3) is 0 Å². The summed E-state index contributed by atoms with van der Waals surface area (Å²) in [6, 6.07) is 8.96. The molecule has 0 aliphatic rings. The van der Waals surface area contributed by atoms with Crippen LogP contribution in [0.15, 0.2) is 54.6 Å². The van der Waals surface area contributed by atoms with Crippen LogP contribution < -0.4 is 0 Å². The first kappa shape index (κ1) is 22.2. The van der Waals surface area contributed by atoms with Crippen LogP contribution in [0.4, 0.5) is 0 Å². The van der Waals surface area contributed by atoms with E-state index in [2.05, 4.69) is 13.8 Å². The lowest BCUT2D eigenvalue weighted by molar-refractivity contribution is 0.0548. The van der Waals surface area contributed by atoms with Crippen LogP contribution in [0.1, 0.15) is 75.6 Å². The molecule has 0 aliphatic carbocycles. The first-order valence-corrected chi connectivity index (χ1v) is 9.90. The first-order valence-electron chi connectivity index (χ1n) is 9.90. The summed E-state index contributed by atoms with van der Waals surface area (Å²) >= 11 is 0. The van der Waals surface area contributed by atoms with Gasteiger partial charge < -0.3 is 9.84 Å². The fraction of sp³-hybridized carbons (Fsp3) is 0.522. The quantitative estimate of drug-likeness (QED) is 0.273. The number of rotatable bonds is 13. The number of carbonyl (C=O) groups is 1. The lowest BCUT2D eigenvalue weighted by atomic mass is 9.89. The molecule has 0 atom stereocenters. The minimum absolute atomic E-state index is 0.224. The summed E-state index contributed by atoms with van der Waals surface area (Å²) < 4.78 is 5.20. The molecule has 0 fully saturated rings. The van der Waals surface area contributed by atoms with E-state index in [1.54, 1.807) is 18.2 Å². The van der Waals surface area contributed by atoms with Gasteiger partial charge in [0.25, 0.3) is 0 Å². The van der Waals surface area contributed by atoms with Gasteiger partial charge >= 0.3 is 5.97 Å². The highest BCUT2D eigenvalue weighted by atomic mass is 16.5. The first-order chi connectivity index (χ1) is 12.6. The van der Waals surface area contributed by atoms with E-state index in [1.807, 2.05) is 36.4 Å². The average molecular weight is 359 g/mol. The third kappa shape index (κ3) is 9.57. The maximum atomic E-state index is 11.8. The van der Waals surface area contributed by atoms with E-state index in [1.165, 1.54) is 0 Å². The maximum Gasteiger partial charge on any atom is 0.338 e. The fourth-order valence-corrected chi connectivity index (χ4v) is 2.80. The van der Waals surface area contributed by atoms with Crippen LogP contribution in [0.5, 0.6) is 0 Å². The van der Waals surface area contributed by atoms with Gasteiger partial charge in [0.15, 0.2) is 0 Å². The Morgan fingerprint density at radius 2 is 1.62 bits per heavy atom. The Bertz CT molecular complexity index is 536. The second-order valence-corrected chi connectivity index (χ2v) is 6.77. The monoisotopic (exact) mass is 358 g/mol. The van der Waals surface area contributed by atoms with Gasteiger partial charge in [-0.25, -0.2) is 4.79 Å². The van der Waals surface area contributed by atoms with Crippen molar-refractivity contribution in [3.63, 3.8) is 0 Å². The predicted molar refractivity (Wildman–Crippen MR) is 108 cm³/mol. The maximum absolute atomic E-state index is 11.8. The topological polar surface area (TPSA) is 46.5 Å². The third-order valence-corrected chi connectivity index (χ3v) is 4.40. The van der Waals surface area contributed by atoms with Crippen molar-refractivity contribution >= 4 is 5.97 Å². The molecule has 0 bridgehead atoms. The summed E-state index contributed by atoms with van der Waals surface area (Å²) in [4.78, 5) is 11.8. The van der Waals surface area contributed by atoms with Gasteiger partial charge in [0, 0.05) is 0 Å². The predicted octanol–water partition coefficient (Wildman–Crippen LogP) is 5.85. The van der Waals surface area contributed by atoms with Crippen molar-refractivity contribution < 1.29 is 14.6 Å². The number of allylic oxidation sites excluding steroid dienone is 2. The molecular formula is C23H34O3. The normalized spacial score (nSPS) is 12.1. The van der Waals surface area contributed by atoms with E-state index < -0.39 is 5.60 Å². The molecule has 0 amide bonds. The van der Waals surface area contributed by atoms with Crippen molar-refractivity contribution in [3.05, 3.63) is 60.2 Å². The molecule has 3 nitrogen and oxygen atoms in total. The SMILES string of the molecule is CCCCCC(O)(/C=C/C=C/COC(=O)c1ccccc1)CCCCC. The summed E-state index contributed by atoms with van der Waals surface area (Å²) in [6.07, 6.45) is 15.7. The highest BCUT2D eigenvalue weighted by Gasteiger charge is 2.21. The summed E-state index contributed by atoms with van der Waals surface area (Å²) in [6.45, 7) is 4.57. The van der Waals surface area contributed by atoms with Gasteiger partial charge in [0.05, 0.1) is 11.2 Å². The van der Waals surface area contributed by atoms with E-state index in [9.17, 15) is 9.90 Å². The Kier molecular flexibility index (Phi) is 11.4. The molecule has 0 radical (unpaired) electrons. The van der Waals surface area contributed by atoms with Gasteiger partial charge in [-0.2, -0.15) is 0 Å². The minimum atomic E-state index is -0.727. The van der Waals surface area contributed by atoms with Crippen LogP contribution >= 0.6 is 0 Å². The standard InChI is InChI=1S/C23H34O3/c1-3-5-11-17-23(25,18-12-6-4-2)19-13-8-14-20-26-22(24)21-15-9-7-10-16-21/h7-10,13-16,19,25H,3-6,11-12,17-18,20H2,1-2H3/b14-8+,19-13+. The van der Waals surface area contributed by atoms with Crippen molar-refractivity contribution in [3.8, 4) is 0 Å². The van der Waals surface area contributed by atoms with E-state index >= 15 is 0 Å². The molecule has 0 spiro atoms. The van der Waals surface area contributed by atoms with Crippen LogP contribution in [0, 0.1) is 0 Å². The molecule has 26 heavy (non-hydrogen) atoms. The molecule has 0 aromatic heterocycles. The van der Waals surface area contributed by atoms with Gasteiger partial charge in [-0.1, -0.05) is 88.8 Å². The number of aliphatic hydroxyl groups is 1. The Labute approximate surface area is 158 Å². The third-order valence-electron chi connectivity index (χ3n) is 4.40. The summed E-state index contributed by atoms with van der Waals surface area (Å²) in [5.41, 5.74) is -0.173. The fourth-order valence-electron chi connectivity index (χ4n) is 2.80. The van der Waals surface area contributed by atoms with Crippen molar-refractivity contribution in [1.82, 2.24) is 0 Å². The van der Waals surface area contributed by atoms with Crippen molar-refractivity contribution in [1.29, 1.82) is 0 Å². The second kappa shape index (κ2) is 13.3. The lowest BCUT2D eigenvalue weighted by Gasteiger charge is -2.24. The van der Waals surface area contributed by atoms with Crippen LogP contribution in [0.3, 0.4) is 0 Å². The van der Waals surface area contributed by atoms with Crippen molar-refractivity contribution in [2.45, 2.75) is 70.8 Å². The smallest absolute Gasteiger partial charge is 0.338 e. The van der Waals surface area contributed by atoms with Crippen LogP contribution in [-0.2, 0) is 4.74 Å². The van der Waals surface area contributed by atoms with E-state index in [0.29, 0.717) is 5.56 Å². The number of carbonyl (C=O) groups excluding carboxylic acids is 1.